The van der Waals surface area contributed by atoms with E-state index in [9.17, 15) is 9.59 Å². The smallest absolute Gasteiger partial charge is 0.269 e. The highest BCUT2D eigenvalue weighted by atomic mass is 16.2. The Bertz CT molecular complexity index is 1020. The summed E-state index contributed by atoms with van der Waals surface area (Å²) in [4.78, 5) is 26.1. The van der Waals surface area contributed by atoms with Gasteiger partial charge in [0.1, 0.15) is 6.54 Å². The fourth-order valence-electron chi connectivity index (χ4n) is 2.70. The van der Waals surface area contributed by atoms with Crippen molar-refractivity contribution in [3.8, 4) is 5.69 Å². The van der Waals surface area contributed by atoms with Crippen molar-refractivity contribution in [2.75, 3.05) is 24.3 Å². The van der Waals surface area contributed by atoms with Crippen molar-refractivity contribution in [2.45, 2.75) is 20.4 Å². The third-order valence-electron chi connectivity index (χ3n) is 4.07. The Morgan fingerprint density at radius 3 is 2.41 bits per heavy atom. The Morgan fingerprint density at radius 1 is 1.15 bits per heavy atom. The summed E-state index contributed by atoms with van der Waals surface area (Å²) in [5.41, 5.74) is 3.91. The van der Waals surface area contributed by atoms with Crippen LogP contribution >= 0.6 is 0 Å². The fourth-order valence-corrected chi connectivity index (χ4v) is 2.70. The van der Waals surface area contributed by atoms with Gasteiger partial charge in [-0.1, -0.05) is 0 Å². The first kappa shape index (κ1) is 18.4. The number of benzene rings is 1. The Labute approximate surface area is 157 Å². The minimum atomic E-state index is -0.323. The topological polar surface area (TPSA) is 85.0 Å². The van der Waals surface area contributed by atoms with Crippen LogP contribution in [0.5, 0.6) is 0 Å². The Balaban J connectivity index is 1.68. The highest BCUT2D eigenvalue weighted by Crippen LogP contribution is 2.15. The number of nitrogens with one attached hydrogen (secondary N) is 1. The predicted octanol–water partition coefficient (Wildman–Crippen LogP) is 1.75. The molecule has 0 atom stereocenters. The summed E-state index contributed by atoms with van der Waals surface area (Å²) in [6.07, 6.45) is 1.55. The molecular formula is C19H22N6O2. The molecule has 27 heavy (non-hydrogen) atoms. The molecule has 0 aliphatic heterocycles. The molecule has 0 radical (unpaired) electrons. The first-order valence-corrected chi connectivity index (χ1v) is 8.51. The normalized spacial score (nSPS) is 10.7. The average molecular weight is 366 g/mol. The van der Waals surface area contributed by atoms with E-state index < -0.39 is 0 Å². The third-order valence-corrected chi connectivity index (χ3v) is 4.07. The number of carbonyl (C=O) groups is 1. The molecule has 140 valence electrons. The number of amides is 1. The van der Waals surface area contributed by atoms with E-state index in [2.05, 4.69) is 15.5 Å². The minimum absolute atomic E-state index is 0.147. The van der Waals surface area contributed by atoms with Gasteiger partial charge in [0, 0.05) is 31.5 Å². The number of aromatic nitrogens is 4. The zero-order chi connectivity index (χ0) is 19.6. The fraction of sp³-hybridized carbons (Fsp3) is 0.263. The molecule has 2 heterocycles. The monoisotopic (exact) mass is 366 g/mol. The zero-order valence-corrected chi connectivity index (χ0v) is 15.8. The van der Waals surface area contributed by atoms with Crippen LogP contribution in [0.2, 0.25) is 0 Å². The molecular weight excluding hydrogens is 344 g/mol. The number of hydrogen-bond acceptors (Lipinski definition) is 5. The first-order valence-electron chi connectivity index (χ1n) is 8.51. The maximum Gasteiger partial charge on any atom is 0.269 e. The van der Waals surface area contributed by atoms with Crippen LogP contribution in [0.25, 0.3) is 5.69 Å². The molecule has 8 nitrogen and oxygen atoms in total. The van der Waals surface area contributed by atoms with Crippen molar-refractivity contribution >= 4 is 17.3 Å². The summed E-state index contributed by atoms with van der Waals surface area (Å²) in [6, 6.07) is 10.8. The van der Waals surface area contributed by atoms with Crippen LogP contribution in [0.3, 0.4) is 0 Å². The SMILES string of the molecule is Cc1cc(C)n(-c2ccc(NC(=O)Cn3ncc(N(C)C)cc3=O)cc2)n1. The largest absolute Gasteiger partial charge is 0.376 e. The molecule has 1 N–H and O–H groups in total. The van der Waals surface area contributed by atoms with Gasteiger partial charge in [0.2, 0.25) is 5.91 Å². The zero-order valence-electron chi connectivity index (χ0n) is 15.8. The lowest BCUT2D eigenvalue weighted by Gasteiger charge is -2.12. The van der Waals surface area contributed by atoms with Crippen molar-refractivity contribution < 1.29 is 4.79 Å². The number of hydrogen-bond donors (Lipinski definition) is 1. The molecule has 0 saturated heterocycles. The molecule has 3 aromatic rings. The van der Waals surface area contributed by atoms with Gasteiger partial charge >= 0.3 is 0 Å². The molecule has 0 saturated carbocycles. The van der Waals surface area contributed by atoms with Crippen LogP contribution < -0.4 is 15.8 Å². The standard InChI is InChI=1S/C19H22N6O2/c1-13-9-14(2)25(22-13)16-7-5-15(6-8-16)21-18(26)12-24-19(27)10-17(11-20-24)23(3)4/h5-11H,12H2,1-4H3,(H,21,26). The summed E-state index contributed by atoms with van der Waals surface area (Å²) in [5, 5.41) is 11.2. The van der Waals surface area contributed by atoms with Crippen LogP contribution in [-0.4, -0.2) is 39.6 Å². The second-order valence-electron chi connectivity index (χ2n) is 6.54. The van der Waals surface area contributed by atoms with Gasteiger partial charge in [0.15, 0.2) is 0 Å². The molecule has 2 aromatic heterocycles. The van der Waals surface area contributed by atoms with E-state index in [0.717, 1.165) is 21.8 Å². The summed E-state index contributed by atoms with van der Waals surface area (Å²) >= 11 is 0. The summed E-state index contributed by atoms with van der Waals surface area (Å²) < 4.78 is 2.98. The van der Waals surface area contributed by atoms with Crippen LogP contribution in [0.4, 0.5) is 11.4 Å². The van der Waals surface area contributed by atoms with E-state index in [4.69, 9.17) is 0 Å². The average Bonchev–Trinajstić information content (AvgIpc) is 2.95. The van der Waals surface area contributed by atoms with Crippen molar-refractivity contribution in [2.24, 2.45) is 0 Å². The van der Waals surface area contributed by atoms with Gasteiger partial charge in [0.05, 0.1) is 23.3 Å². The molecule has 0 bridgehead atoms. The van der Waals surface area contributed by atoms with E-state index in [1.165, 1.54) is 6.07 Å². The highest BCUT2D eigenvalue weighted by Gasteiger charge is 2.09. The maximum atomic E-state index is 12.2. The second-order valence-corrected chi connectivity index (χ2v) is 6.54. The number of nitrogens with zero attached hydrogens (tertiary/aromatic N) is 5. The number of anilines is 2. The molecule has 0 fully saturated rings. The number of carbonyl (C=O) groups excluding carboxylic acids is 1. The molecule has 1 aromatic carbocycles. The van der Waals surface area contributed by atoms with Gasteiger partial charge in [-0.25, -0.2) is 9.36 Å². The van der Waals surface area contributed by atoms with Crippen LogP contribution in [0.15, 0.2) is 47.4 Å². The van der Waals surface area contributed by atoms with E-state index in [1.54, 1.807) is 23.2 Å². The molecule has 0 spiro atoms. The van der Waals surface area contributed by atoms with Crippen molar-refractivity contribution in [3.63, 3.8) is 0 Å². The van der Waals surface area contributed by atoms with E-state index >= 15 is 0 Å². The Kier molecular flexibility index (Phi) is 5.07. The lowest BCUT2D eigenvalue weighted by molar-refractivity contribution is -0.117. The molecule has 3 rings (SSSR count). The van der Waals surface area contributed by atoms with Gasteiger partial charge in [-0.3, -0.25) is 9.59 Å². The van der Waals surface area contributed by atoms with Crippen LogP contribution in [0, 0.1) is 13.8 Å². The summed E-state index contributed by atoms with van der Waals surface area (Å²) in [6.45, 7) is 3.78. The van der Waals surface area contributed by atoms with Crippen molar-refractivity contribution in [1.29, 1.82) is 0 Å². The molecule has 0 aliphatic carbocycles. The quantitative estimate of drug-likeness (QED) is 0.744. The lowest BCUT2D eigenvalue weighted by Crippen LogP contribution is -2.30. The number of rotatable bonds is 5. The van der Waals surface area contributed by atoms with Crippen LogP contribution in [-0.2, 0) is 11.3 Å². The van der Waals surface area contributed by atoms with Crippen molar-refractivity contribution in [3.05, 3.63) is 64.3 Å². The summed E-state index contributed by atoms with van der Waals surface area (Å²) in [5.74, 6) is -0.318. The highest BCUT2D eigenvalue weighted by molar-refractivity contribution is 5.90. The van der Waals surface area contributed by atoms with E-state index in [-0.39, 0.29) is 18.0 Å². The second kappa shape index (κ2) is 7.45. The summed E-state index contributed by atoms with van der Waals surface area (Å²) in [7, 11) is 3.65. The maximum absolute atomic E-state index is 12.2. The van der Waals surface area contributed by atoms with Gasteiger partial charge in [-0.2, -0.15) is 10.2 Å². The molecule has 8 heteroatoms. The van der Waals surface area contributed by atoms with Gasteiger partial charge in [0.25, 0.3) is 5.56 Å². The molecule has 1 amide bonds. The van der Waals surface area contributed by atoms with Crippen LogP contribution in [0.1, 0.15) is 11.4 Å². The van der Waals surface area contributed by atoms with Gasteiger partial charge in [-0.15, -0.1) is 0 Å². The Hall–Kier alpha value is -3.42. The Morgan fingerprint density at radius 2 is 1.85 bits per heavy atom. The lowest BCUT2D eigenvalue weighted by atomic mass is 10.2. The first-order chi connectivity index (χ1) is 12.8. The minimum Gasteiger partial charge on any atom is -0.376 e. The predicted molar refractivity (Wildman–Crippen MR) is 104 cm³/mol. The van der Waals surface area contributed by atoms with E-state index in [1.807, 2.05) is 50.8 Å². The molecule has 0 aliphatic rings. The third kappa shape index (κ3) is 4.22. The number of aryl methyl sites for hydroxylation is 2. The van der Waals surface area contributed by atoms with Gasteiger partial charge in [-0.05, 0) is 44.2 Å². The van der Waals surface area contributed by atoms with Gasteiger partial charge < -0.3 is 10.2 Å². The molecule has 0 unspecified atom stereocenters. The van der Waals surface area contributed by atoms with E-state index in [0.29, 0.717) is 11.4 Å². The van der Waals surface area contributed by atoms with Crippen molar-refractivity contribution in [1.82, 2.24) is 19.6 Å².